The molecule has 0 aliphatic heterocycles. The maximum absolute atomic E-state index is 6.13. The highest BCUT2D eigenvalue weighted by atomic mass is 32.1. The van der Waals surface area contributed by atoms with Crippen LogP contribution in [0.25, 0.3) is 10.9 Å². The summed E-state index contributed by atoms with van der Waals surface area (Å²) in [5, 5.41) is 5.35. The number of nitrogens with zero attached hydrogens (tertiary/aromatic N) is 2. The number of hydrogen-bond acceptors (Lipinski definition) is 3. The molecule has 0 fully saturated rings. The fraction of sp³-hybridized carbons (Fsp3) is 0.273. The smallest absolute Gasteiger partial charge is 0.184 e. The van der Waals surface area contributed by atoms with Crippen LogP contribution in [0, 0.1) is 0 Å². The average molecular weight is 395 g/mol. The Labute approximate surface area is 171 Å². The summed E-state index contributed by atoms with van der Waals surface area (Å²) in [6.45, 7) is 5.76. The number of fused-ring (bicyclic) bond motifs is 1. The number of benzene rings is 2. The number of rotatable bonds is 8. The van der Waals surface area contributed by atoms with Gasteiger partial charge in [-0.3, -0.25) is 5.43 Å². The van der Waals surface area contributed by atoms with E-state index in [9.17, 15) is 0 Å². The van der Waals surface area contributed by atoms with Crippen molar-refractivity contribution in [2.24, 2.45) is 10.8 Å². The Morgan fingerprint density at radius 1 is 1.25 bits per heavy atom. The van der Waals surface area contributed by atoms with E-state index in [4.69, 9.17) is 22.7 Å². The van der Waals surface area contributed by atoms with Crippen molar-refractivity contribution in [3.8, 4) is 5.75 Å². The number of hydrogen-bond donors (Lipinski definition) is 2. The van der Waals surface area contributed by atoms with Crippen molar-refractivity contribution >= 4 is 34.4 Å². The molecule has 6 heteroatoms. The molecule has 1 atom stereocenters. The molecule has 146 valence electrons. The van der Waals surface area contributed by atoms with Crippen molar-refractivity contribution in [2.75, 3.05) is 6.61 Å². The SMILES string of the molecule is CC[C@H](C)c1ccccc1OCCn1cc(/C=N\NC(N)=S)c2ccccc21. The van der Waals surface area contributed by atoms with Gasteiger partial charge in [0.15, 0.2) is 5.11 Å². The molecular weight excluding hydrogens is 368 g/mol. The van der Waals surface area contributed by atoms with Gasteiger partial charge in [0, 0.05) is 22.7 Å². The number of nitrogens with one attached hydrogen (secondary N) is 1. The van der Waals surface area contributed by atoms with Gasteiger partial charge in [0.1, 0.15) is 12.4 Å². The predicted molar refractivity (Wildman–Crippen MR) is 120 cm³/mol. The van der Waals surface area contributed by atoms with Crippen molar-refractivity contribution in [3.05, 3.63) is 65.9 Å². The summed E-state index contributed by atoms with van der Waals surface area (Å²) in [6, 6.07) is 16.5. The third-order valence-corrected chi connectivity index (χ3v) is 4.94. The number of hydrazone groups is 1. The van der Waals surface area contributed by atoms with Crippen LogP contribution in [0.3, 0.4) is 0 Å². The van der Waals surface area contributed by atoms with Gasteiger partial charge in [0.05, 0.1) is 12.8 Å². The third kappa shape index (κ3) is 4.70. The zero-order valence-electron chi connectivity index (χ0n) is 16.3. The van der Waals surface area contributed by atoms with Gasteiger partial charge in [0.25, 0.3) is 0 Å². The Balaban J connectivity index is 1.75. The highest BCUT2D eigenvalue weighted by Gasteiger charge is 2.10. The zero-order valence-corrected chi connectivity index (χ0v) is 17.1. The van der Waals surface area contributed by atoms with E-state index < -0.39 is 0 Å². The van der Waals surface area contributed by atoms with Gasteiger partial charge in [-0.1, -0.05) is 50.2 Å². The maximum Gasteiger partial charge on any atom is 0.184 e. The van der Waals surface area contributed by atoms with E-state index in [1.54, 1.807) is 6.21 Å². The van der Waals surface area contributed by atoms with E-state index in [0.29, 0.717) is 12.5 Å². The van der Waals surface area contributed by atoms with E-state index in [0.717, 1.165) is 35.2 Å². The second-order valence-corrected chi connectivity index (χ2v) is 7.16. The maximum atomic E-state index is 6.13. The van der Waals surface area contributed by atoms with E-state index in [1.165, 1.54) is 5.56 Å². The summed E-state index contributed by atoms with van der Waals surface area (Å²) in [6.07, 6.45) is 4.89. The van der Waals surface area contributed by atoms with Gasteiger partial charge in [-0.2, -0.15) is 5.10 Å². The normalized spacial score (nSPS) is 12.4. The molecule has 0 amide bonds. The van der Waals surface area contributed by atoms with E-state index in [2.05, 4.69) is 65.5 Å². The summed E-state index contributed by atoms with van der Waals surface area (Å²) < 4.78 is 8.32. The Hall–Kier alpha value is -2.86. The quantitative estimate of drug-likeness (QED) is 0.338. The lowest BCUT2D eigenvalue weighted by Gasteiger charge is -2.16. The minimum atomic E-state index is 0.147. The molecule has 5 nitrogen and oxygen atoms in total. The molecule has 3 rings (SSSR count). The van der Waals surface area contributed by atoms with Gasteiger partial charge < -0.3 is 15.0 Å². The van der Waals surface area contributed by atoms with E-state index in [1.807, 2.05) is 18.2 Å². The van der Waals surface area contributed by atoms with Crippen molar-refractivity contribution < 1.29 is 4.74 Å². The molecule has 1 heterocycles. The number of aromatic nitrogens is 1. The van der Waals surface area contributed by atoms with Crippen LogP contribution < -0.4 is 15.9 Å². The molecule has 0 saturated carbocycles. The van der Waals surface area contributed by atoms with Crippen LogP contribution in [-0.2, 0) is 6.54 Å². The molecule has 0 spiro atoms. The molecule has 0 bridgehead atoms. The molecule has 2 aromatic carbocycles. The molecule has 28 heavy (non-hydrogen) atoms. The first kappa shape index (κ1) is 19.9. The van der Waals surface area contributed by atoms with Crippen molar-refractivity contribution in [2.45, 2.75) is 32.7 Å². The molecular formula is C22H26N4OS. The van der Waals surface area contributed by atoms with Gasteiger partial charge in [-0.05, 0) is 42.3 Å². The molecule has 0 aliphatic rings. The van der Waals surface area contributed by atoms with Crippen molar-refractivity contribution in [1.29, 1.82) is 0 Å². The minimum Gasteiger partial charge on any atom is -0.491 e. The predicted octanol–water partition coefficient (Wildman–Crippen LogP) is 4.40. The monoisotopic (exact) mass is 394 g/mol. The van der Waals surface area contributed by atoms with Gasteiger partial charge in [-0.15, -0.1) is 0 Å². The van der Waals surface area contributed by atoms with Crippen molar-refractivity contribution in [3.63, 3.8) is 0 Å². The third-order valence-electron chi connectivity index (χ3n) is 4.85. The molecule has 0 saturated heterocycles. The topological polar surface area (TPSA) is 64.6 Å². The average Bonchev–Trinajstić information content (AvgIpc) is 3.05. The molecule has 3 aromatic rings. The fourth-order valence-electron chi connectivity index (χ4n) is 3.22. The van der Waals surface area contributed by atoms with Crippen LogP contribution in [0.4, 0.5) is 0 Å². The summed E-state index contributed by atoms with van der Waals surface area (Å²) in [5.74, 6) is 1.45. The lowest BCUT2D eigenvalue weighted by atomic mass is 9.98. The lowest BCUT2D eigenvalue weighted by molar-refractivity contribution is 0.296. The fourth-order valence-corrected chi connectivity index (χ4v) is 3.27. The van der Waals surface area contributed by atoms with Crippen LogP contribution in [0.1, 0.15) is 37.3 Å². The van der Waals surface area contributed by atoms with Crippen LogP contribution in [-0.4, -0.2) is 22.5 Å². The second kappa shape index (κ2) is 9.37. The number of thiocarbonyl (C=S) groups is 1. The number of nitrogens with two attached hydrogens (primary N) is 1. The van der Waals surface area contributed by atoms with Gasteiger partial charge >= 0.3 is 0 Å². The zero-order chi connectivity index (χ0) is 19.9. The van der Waals surface area contributed by atoms with Crippen molar-refractivity contribution in [1.82, 2.24) is 9.99 Å². The van der Waals surface area contributed by atoms with Gasteiger partial charge in [-0.25, -0.2) is 0 Å². The summed E-state index contributed by atoms with van der Waals surface area (Å²) in [5.41, 5.74) is 11.4. The summed E-state index contributed by atoms with van der Waals surface area (Å²) in [4.78, 5) is 0. The molecule has 0 radical (unpaired) electrons. The second-order valence-electron chi connectivity index (χ2n) is 6.72. The van der Waals surface area contributed by atoms with Gasteiger partial charge in [0.2, 0.25) is 0 Å². The first-order chi connectivity index (χ1) is 13.6. The summed E-state index contributed by atoms with van der Waals surface area (Å²) in [7, 11) is 0. The molecule has 0 aliphatic carbocycles. The number of para-hydroxylation sites is 2. The summed E-state index contributed by atoms with van der Waals surface area (Å²) >= 11 is 4.78. The first-order valence-corrected chi connectivity index (χ1v) is 9.89. The van der Waals surface area contributed by atoms with E-state index in [-0.39, 0.29) is 5.11 Å². The Morgan fingerprint density at radius 2 is 2.00 bits per heavy atom. The van der Waals surface area contributed by atoms with Crippen LogP contribution in [0.15, 0.2) is 59.8 Å². The van der Waals surface area contributed by atoms with Crippen LogP contribution in [0.2, 0.25) is 0 Å². The minimum absolute atomic E-state index is 0.147. The lowest BCUT2D eigenvalue weighted by Crippen LogP contribution is -2.23. The Kier molecular flexibility index (Phi) is 6.66. The standard InChI is InChI=1S/C22H26N4OS/c1-3-16(2)18-8-5-7-11-21(18)27-13-12-26-15-17(14-24-25-22(23)28)19-9-4-6-10-20(19)26/h4-11,14-16H,3,12-13H2,1-2H3,(H3,23,25,28)/b24-14-/t16-/m0/s1. The van der Waals surface area contributed by atoms with E-state index >= 15 is 0 Å². The molecule has 0 unspecified atom stereocenters. The highest BCUT2D eigenvalue weighted by Crippen LogP contribution is 2.28. The largest absolute Gasteiger partial charge is 0.491 e. The molecule has 1 aromatic heterocycles. The van der Waals surface area contributed by atoms with Crippen LogP contribution in [0.5, 0.6) is 5.75 Å². The number of ether oxygens (including phenoxy) is 1. The Bertz CT molecular complexity index is 980. The molecule has 3 N–H and O–H groups in total. The Morgan fingerprint density at radius 3 is 2.79 bits per heavy atom. The van der Waals surface area contributed by atoms with Crippen LogP contribution >= 0.6 is 12.2 Å². The first-order valence-electron chi connectivity index (χ1n) is 9.48. The highest BCUT2D eigenvalue weighted by molar-refractivity contribution is 7.80.